The summed E-state index contributed by atoms with van der Waals surface area (Å²) >= 11 is 0. The molecular weight excluding hydrogens is 368 g/mol. The van der Waals surface area contributed by atoms with E-state index in [-0.39, 0.29) is 10.7 Å². The predicted octanol–water partition coefficient (Wildman–Crippen LogP) is 2.67. The van der Waals surface area contributed by atoms with Crippen LogP contribution in [0.3, 0.4) is 0 Å². The van der Waals surface area contributed by atoms with Crippen molar-refractivity contribution < 1.29 is 22.7 Å². The molecule has 2 aromatic rings. The first kappa shape index (κ1) is 19.0. The summed E-state index contributed by atoms with van der Waals surface area (Å²) in [5.41, 5.74) is 1.43. The molecular formula is C19H22N2O5S. The maximum atomic E-state index is 12.6. The molecule has 2 aromatic carbocycles. The number of ether oxygens (including phenoxy) is 2. The van der Waals surface area contributed by atoms with Crippen molar-refractivity contribution >= 4 is 27.2 Å². The Morgan fingerprint density at radius 1 is 0.926 bits per heavy atom. The fraction of sp³-hybridized carbons (Fsp3) is 0.316. The lowest BCUT2D eigenvalue weighted by atomic mass is 10.1. The molecule has 0 aromatic heterocycles. The SMILES string of the molecule is COc1ccc(S(=O)(=O)Nc2ccc(N3CCC(=O)CC3)cc2)cc1OC. The molecule has 1 heterocycles. The van der Waals surface area contributed by atoms with Gasteiger partial charge in [0.1, 0.15) is 5.78 Å². The Hall–Kier alpha value is -2.74. The number of benzene rings is 2. The zero-order chi connectivity index (χ0) is 19.4. The number of carbonyl (C=O) groups excluding carboxylic acids is 1. The van der Waals surface area contributed by atoms with E-state index in [0.717, 1.165) is 5.69 Å². The highest BCUT2D eigenvalue weighted by Gasteiger charge is 2.19. The highest BCUT2D eigenvalue weighted by Crippen LogP contribution is 2.30. The molecule has 0 spiro atoms. The molecule has 0 saturated carbocycles. The summed E-state index contributed by atoms with van der Waals surface area (Å²) in [6.45, 7) is 1.38. The number of piperidine rings is 1. The molecule has 0 atom stereocenters. The van der Waals surface area contributed by atoms with Gasteiger partial charge in [0.25, 0.3) is 10.0 Å². The van der Waals surface area contributed by atoms with Crippen LogP contribution in [0.25, 0.3) is 0 Å². The minimum Gasteiger partial charge on any atom is -0.493 e. The molecule has 1 aliphatic heterocycles. The summed E-state index contributed by atoms with van der Waals surface area (Å²) in [6, 6.07) is 11.6. The number of nitrogens with zero attached hydrogens (tertiary/aromatic N) is 1. The van der Waals surface area contributed by atoms with Gasteiger partial charge in [-0.05, 0) is 36.4 Å². The van der Waals surface area contributed by atoms with Crippen molar-refractivity contribution in [1.82, 2.24) is 0 Å². The van der Waals surface area contributed by atoms with E-state index in [2.05, 4.69) is 9.62 Å². The fourth-order valence-corrected chi connectivity index (χ4v) is 4.03. The van der Waals surface area contributed by atoms with Crippen molar-refractivity contribution in [3.8, 4) is 11.5 Å². The maximum absolute atomic E-state index is 12.6. The molecule has 1 saturated heterocycles. The van der Waals surface area contributed by atoms with Gasteiger partial charge in [-0.2, -0.15) is 0 Å². The Bertz CT molecular complexity index is 916. The van der Waals surface area contributed by atoms with E-state index in [4.69, 9.17) is 9.47 Å². The second-order valence-corrected chi connectivity index (χ2v) is 7.88. The number of anilines is 2. The van der Waals surface area contributed by atoms with E-state index < -0.39 is 10.0 Å². The van der Waals surface area contributed by atoms with Crippen LogP contribution in [-0.4, -0.2) is 41.5 Å². The first-order valence-electron chi connectivity index (χ1n) is 8.54. The van der Waals surface area contributed by atoms with Gasteiger partial charge in [0.15, 0.2) is 11.5 Å². The fourth-order valence-electron chi connectivity index (χ4n) is 2.95. The number of carbonyl (C=O) groups is 1. The second kappa shape index (κ2) is 7.87. The Labute approximate surface area is 158 Å². The van der Waals surface area contributed by atoms with Gasteiger partial charge in [-0.1, -0.05) is 0 Å². The third kappa shape index (κ3) is 4.33. The number of hydrogen-bond donors (Lipinski definition) is 1. The largest absolute Gasteiger partial charge is 0.493 e. The third-order valence-electron chi connectivity index (χ3n) is 4.47. The van der Waals surface area contributed by atoms with Crippen LogP contribution in [0.1, 0.15) is 12.8 Å². The average molecular weight is 390 g/mol. The van der Waals surface area contributed by atoms with E-state index in [1.54, 1.807) is 18.2 Å². The lowest BCUT2D eigenvalue weighted by molar-refractivity contribution is -0.119. The van der Waals surface area contributed by atoms with Crippen LogP contribution in [-0.2, 0) is 14.8 Å². The number of ketones is 1. The van der Waals surface area contributed by atoms with Gasteiger partial charge in [0.05, 0.1) is 19.1 Å². The van der Waals surface area contributed by atoms with Crippen molar-refractivity contribution in [1.29, 1.82) is 0 Å². The van der Waals surface area contributed by atoms with Crippen LogP contribution < -0.4 is 19.1 Å². The number of nitrogens with one attached hydrogen (secondary N) is 1. The van der Waals surface area contributed by atoms with Gasteiger partial charge in [0.2, 0.25) is 0 Å². The van der Waals surface area contributed by atoms with Crippen molar-refractivity contribution in [3.05, 3.63) is 42.5 Å². The van der Waals surface area contributed by atoms with Gasteiger partial charge in [-0.3, -0.25) is 9.52 Å². The minimum atomic E-state index is -3.76. The highest BCUT2D eigenvalue weighted by atomic mass is 32.2. The molecule has 8 heteroatoms. The number of Topliss-reactive ketones (excluding diaryl/α,β-unsaturated/α-hetero) is 1. The van der Waals surface area contributed by atoms with Gasteiger partial charge in [-0.15, -0.1) is 0 Å². The Balaban J connectivity index is 1.75. The van der Waals surface area contributed by atoms with E-state index >= 15 is 0 Å². The molecule has 0 unspecified atom stereocenters. The lowest BCUT2D eigenvalue weighted by Gasteiger charge is -2.28. The molecule has 0 aliphatic carbocycles. The summed E-state index contributed by atoms with van der Waals surface area (Å²) in [4.78, 5) is 13.6. The zero-order valence-corrected chi connectivity index (χ0v) is 16.1. The van der Waals surface area contributed by atoms with Gasteiger partial charge in [-0.25, -0.2) is 8.42 Å². The zero-order valence-electron chi connectivity index (χ0n) is 15.3. The van der Waals surface area contributed by atoms with Crippen LogP contribution in [0.5, 0.6) is 11.5 Å². The minimum absolute atomic E-state index is 0.0822. The average Bonchev–Trinajstić information content (AvgIpc) is 2.68. The normalized spacial score (nSPS) is 14.7. The van der Waals surface area contributed by atoms with E-state index in [1.165, 1.54) is 26.4 Å². The van der Waals surface area contributed by atoms with Crippen molar-refractivity contribution in [3.63, 3.8) is 0 Å². The first-order chi connectivity index (χ1) is 12.9. The Morgan fingerprint density at radius 2 is 1.56 bits per heavy atom. The molecule has 3 rings (SSSR count). The summed E-state index contributed by atoms with van der Waals surface area (Å²) in [5, 5.41) is 0. The lowest BCUT2D eigenvalue weighted by Crippen LogP contribution is -2.33. The molecule has 7 nitrogen and oxygen atoms in total. The quantitative estimate of drug-likeness (QED) is 0.816. The summed E-state index contributed by atoms with van der Waals surface area (Å²) in [6.07, 6.45) is 1.10. The number of rotatable bonds is 6. The monoisotopic (exact) mass is 390 g/mol. The molecule has 1 aliphatic rings. The van der Waals surface area contributed by atoms with E-state index in [9.17, 15) is 13.2 Å². The molecule has 1 N–H and O–H groups in total. The summed E-state index contributed by atoms with van der Waals surface area (Å²) < 4.78 is 38.1. The smallest absolute Gasteiger partial charge is 0.262 e. The van der Waals surface area contributed by atoms with Crippen LogP contribution >= 0.6 is 0 Å². The topological polar surface area (TPSA) is 84.9 Å². The maximum Gasteiger partial charge on any atom is 0.262 e. The standard InChI is InChI=1S/C19H22N2O5S/c1-25-18-8-7-17(13-19(18)26-2)27(23,24)20-14-3-5-15(6-4-14)21-11-9-16(22)10-12-21/h3-8,13,20H,9-12H2,1-2H3. The van der Waals surface area contributed by atoms with Gasteiger partial charge in [0, 0.05) is 43.4 Å². The molecule has 144 valence electrons. The Morgan fingerprint density at radius 3 is 2.15 bits per heavy atom. The van der Waals surface area contributed by atoms with Crippen LogP contribution in [0.4, 0.5) is 11.4 Å². The second-order valence-electron chi connectivity index (χ2n) is 6.19. The van der Waals surface area contributed by atoms with Crippen molar-refractivity contribution in [2.24, 2.45) is 0 Å². The summed E-state index contributed by atoms with van der Waals surface area (Å²) in [5.74, 6) is 1.08. The van der Waals surface area contributed by atoms with E-state index in [0.29, 0.717) is 43.1 Å². The van der Waals surface area contributed by atoms with Crippen LogP contribution in [0.2, 0.25) is 0 Å². The summed E-state index contributed by atoms with van der Waals surface area (Å²) in [7, 11) is -0.817. The van der Waals surface area contributed by atoms with Gasteiger partial charge >= 0.3 is 0 Å². The number of sulfonamides is 1. The molecule has 0 radical (unpaired) electrons. The third-order valence-corrected chi connectivity index (χ3v) is 5.85. The molecule has 0 amide bonds. The van der Waals surface area contributed by atoms with Crippen molar-refractivity contribution in [2.75, 3.05) is 36.9 Å². The van der Waals surface area contributed by atoms with Crippen LogP contribution in [0, 0.1) is 0 Å². The van der Waals surface area contributed by atoms with Crippen LogP contribution in [0.15, 0.2) is 47.4 Å². The highest BCUT2D eigenvalue weighted by molar-refractivity contribution is 7.92. The molecule has 27 heavy (non-hydrogen) atoms. The predicted molar refractivity (Wildman–Crippen MR) is 103 cm³/mol. The number of hydrogen-bond acceptors (Lipinski definition) is 6. The molecule has 1 fully saturated rings. The Kier molecular flexibility index (Phi) is 5.55. The van der Waals surface area contributed by atoms with E-state index in [1.807, 2.05) is 12.1 Å². The van der Waals surface area contributed by atoms with Crippen molar-refractivity contribution in [2.45, 2.75) is 17.7 Å². The molecule has 0 bridgehead atoms. The van der Waals surface area contributed by atoms with Gasteiger partial charge < -0.3 is 14.4 Å². The number of methoxy groups -OCH3 is 2. The first-order valence-corrected chi connectivity index (χ1v) is 10.0.